The number of alkyl halides is 3. The van der Waals surface area contributed by atoms with Crippen LogP contribution in [0.3, 0.4) is 0 Å². The van der Waals surface area contributed by atoms with Crippen LogP contribution in [0.1, 0.15) is 30.2 Å². The number of rotatable bonds is 3. The Morgan fingerprint density at radius 3 is 2.50 bits per heavy atom. The summed E-state index contributed by atoms with van der Waals surface area (Å²) in [4.78, 5) is 13.0. The zero-order valence-electron chi connectivity index (χ0n) is 15.1. The second-order valence-corrected chi connectivity index (χ2v) is 6.84. The van der Waals surface area contributed by atoms with E-state index >= 15 is 0 Å². The minimum Gasteiger partial charge on any atom is -0.425 e. The number of amides is 1. The van der Waals surface area contributed by atoms with Crippen LogP contribution in [-0.4, -0.2) is 39.5 Å². The molecule has 3 heterocycles. The van der Waals surface area contributed by atoms with E-state index in [1.54, 1.807) is 44.2 Å². The zero-order chi connectivity index (χ0) is 20.1. The van der Waals surface area contributed by atoms with Crippen LogP contribution in [-0.2, 0) is 11.2 Å². The number of allylic oxidation sites excluding steroid dienone is 1. The molecular formula is C18H18F3N5O2. The van der Waals surface area contributed by atoms with Crippen molar-refractivity contribution >= 4 is 5.91 Å². The van der Waals surface area contributed by atoms with Crippen molar-refractivity contribution in [2.24, 2.45) is 0 Å². The number of hydrazine groups is 1. The van der Waals surface area contributed by atoms with E-state index in [1.165, 1.54) is 0 Å². The number of hydrogen-bond donors (Lipinski definition) is 2. The summed E-state index contributed by atoms with van der Waals surface area (Å²) < 4.78 is 46.5. The Morgan fingerprint density at radius 1 is 1.18 bits per heavy atom. The molecule has 0 aliphatic carbocycles. The summed E-state index contributed by atoms with van der Waals surface area (Å²) in [5.41, 5.74) is 3.64. The van der Waals surface area contributed by atoms with Gasteiger partial charge in [0.25, 0.3) is 5.91 Å². The molecule has 1 aromatic carbocycles. The standard InChI is InChI=1S/C18H18F3N5O2/c1-9-12(8-13-24-23-10(2)28-13)17(27)26-16(22-9)14(11-6-4-3-5-7-11)15(25-26)18(19,20)21/h3-7,14-16,22,25H,8H2,1-2H3. The van der Waals surface area contributed by atoms with Crippen molar-refractivity contribution in [3.63, 3.8) is 0 Å². The predicted octanol–water partition coefficient (Wildman–Crippen LogP) is 2.19. The molecule has 1 fully saturated rings. The molecule has 0 saturated carbocycles. The normalized spacial score (nSPS) is 25.1. The third-order valence-corrected chi connectivity index (χ3v) is 4.98. The van der Waals surface area contributed by atoms with E-state index in [0.717, 1.165) is 5.01 Å². The first kappa shape index (κ1) is 18.5. The highest BCUT2D eigenvalue weighted by Gasteiger charge is 2.57. The van der Waals surface area contributed by atoms with Crippen molar-refractivity contribution in [1.29, 1.82) is 0 Å². The Balaban J connectivity index is 1.69. The average Bonchev–Trinajstić information content (AvgIpc) is 3.23. The van der Waals surface area contributed by atoms with Gasteiger partial charge in [-0.15, -0.1) is 10.2 Å². The quantitative estimate of drug-likeness (QED) is 0.832. The zero-order valence-corrected chi connectivity index (χ0v) is 15.1. The van der Waals surface area contributed by atoms with Crippen molar-refractivity contribution in [1.82, 2.24) is 25.9 Å². The molecular weight excluding hydrogens is 375 g/mol. The summed E-state index contributed by atoms with van der Waals surface area (Å²) in [5, 5.41) is 11.7. The fraction of sp³-hybridized carbons (Fsp3) is 0.389. The smallest absolute Gasteiger partial charge is 0.406 e. The summed E-state index contributed by atoms with van der Waals surface area (Å²) in [6.45, 7) is 3.28. The van der Waals surface area contributed by atoms with Gasteiger partial charge in [-0.2, -0.15) is 13.2 Å². The minimum atomic E-state index is -4.53. The van der Waals surface area contributed by atoms with Gasteiger partial charge >= 0.3 is 6.18 Å². The molecule has 1 aromatic heterocycles. The van der Waals surface area contributed by atoms with Gasteiger partial charge in [0.05, 0.1) is 12.3 Å². The van der Waals surface area contributed by atoms with Crippen molar-refractivity contribution in [3.8, 4) is 0 Å². The SMILES string of the molecule is CC1=C(Cc2nnc(C)o2)C(=O)N2NC(C(F)(F)F)C(c3ccccc3)C2N1. The number of halogens is 3. The fourth-order valence-electron chi connectivity index (χ4n) is 3.70. The third kappa shape index (κ3) is 3.13. The van der Waals surface area contributed by atoms with Crippen LogP contribution in [0.2, 0.25) is 0 Å². The molecule has 2 N–H and O–H groups in total. The highest BCUT2D eigenvalue weighted by molar-refractivity contribution is 5.95. The number of benzene rings is 1. The number of fused-ring (bicyclic) bond motifs is 1. The Hall–Kier alpha value is -2.88. The Bertz CT molecular complexity index is 925. The molecule has 28 heavy (non-hydrogen) atoms. The monoisotopic (exact) mass is 393 g/mol. The molecule has 7 nitrogen and oxygen atoms in total. The maximum absolute atomic E-state index is 13.7. The molecule has 4 rings (SSSR count). The van der Waals surface area contributed by atoms with Gasteiger partial charge in [-0.05, 0) is 12.5 Å². The van der Waals surface area contributed by atoms with Gasteiger partial charge in [-0.1, -0.05) is 30.3 Å². The molecule has 1 saturated heterocycles. The Morgan fingerprint density at radius 2 is 1.89 bits per heavy atom. The highest BCUT2D eigenvalue weighted by atomic mass is 19.4. The first-order valence-corrected chi connectivity index (χ1v) is 8.72. The van der Waals surface area contributed by atoms with Gasteiger partial charge in [0, 0.05) is 18.2 Å². The maximum Gasteiger partial charge on any atom is 0.406 e. The van der Waals surface area contributed by atoms with E-state index in [-0.39, 0.29) is 17.9 Å². The highest BCUT2D eigenvalue weighted by Crippen LogP contribution is 2.41. The molecule has 0 spiro atoms. The van der Waals surface area contributed by atoms with Gasteiger partial charge in [0.15, 0.2) is 0 Å². The molecule has 2 aromatic rings. The van der Waals surface area contributed by atoms with Crippen molar-refractivity contribution < 1.29 is 22.4 Å². The Labute approximate surface area is 158 Å². The molecule has 10 heteroatoms. The van der Waals surface area contributed by atoms with Gasteiger partial charge in [-0.3, -0.25) is 9.80 Å². The van der Waals surface area contributed by atoms with Crippen LogP contribution >= 0.6 is 0 Å². The lowest BCUT2D eigenvalue weighted by molar-refractivity contribution is -0.161. The topological polar surface area (TPSA) is 83.3 Å². The third-order valence-electron chi connectivity index (χ3n) is 4.98. The van der Waals surface area contributed by atoms with E-state index in [2.05, 4.69) is 20.9 Å². The summed E-state index contributed by atoms with van der Waals surface area (Å²) in [6, 6.07) is 6.48. The summed E-state index contributed by atoms with van der Waals surface area (Å²) in [7, 11) is 0. The van der Waals surface area contributed by atoms with E-state index in [9.17, 15) is 18.0 Å². The lowest BCUT2D eigenvalue weighted by Crippen LogP contribution is -2.55. The molecule has 2 aliphatic rings. The van der Waals surface area contributed by atoms with Crippen molar-refractivity contribution in [2.75, 3.05) is 0 Å². The average molecular weight is 393 g/mol. The lowest BCUT2D eigenvalue weighted by Gasteiger charge is -2.34. The first-order chi connectivity index (χ1) is 13.3. The van der Waals surface area contributed by atoms with Crippen molar-refractivity contribution in [3.05, 3.63) is 58.9 Å². The number of nitrogens with zero attached hydrogens (tertiary/aromatic N) is 3. The minimum absolute atomic E-state index is 0.0378. The van der Waals surface area contributed by atoms with Crippen LogP contribution in [0.25, 0.3) is 0 Å². The largest absolute Gasteiger partial charge is 0.425 e. The number of hydrogen-bond acceptors (Lipinski definition) is 6. The molecule has 2 aliphatic heterocycles. The van der Waals surface area contributed by atoms with Crippen LogP contribution < -0.4 is 10.7 Å². The summed E-state index contributed by atoms with van der Waals surface area (Å²) in [6.07, 6.45) is -5.36. The molecule has 1 amide bonds. The predicted molar refractivity (Wildman–Crippen MR) is 91.4 cm³/mol. The Kier molecular flexibility index (Phi) is 4.37. The lowest BCUT2D eigenvalue weighted by atomic mass is 9.89. The number of carbonyl (C=O) groups excluding carboxylic acids is 1. The molecule has 0 radical (unpaired) electrons. The van der Waals surface area contributed by atoms with Crippen molar-refractivity contribution in [2.45, 2.75) is 44.6 Å². The second kappa shape index (κ2) is 6.62. The van der Waals surface area contributed by atoms with Crippen LogP contribution in [0, 0.1) is 6.92 Å². The van der Waals surface area contributed by atoms with E-state index in [1.807, 2.05) is 0 Å². The van der Waals surface area contributed by atoms with Gasteiger partial charge in [0.1, 0.15) is 12.2 Å². The number of carbonyl (C=O) groups is 1. The molecule has 3 atom stereocenters. The van der Waals surface area contributed by atoms with Gasteiger partial charge < -0.3 is 9.73 Å². The molecule has 0 bridgehead atoms. The molecule has 148 valence electrons. The van der Waals surface area contributed by atoms with E-state index in [4.69, 9.17) is 4.42 Å². The second-order valence-electron chi connectivity index (χ2n) is 6.84. The summed E-state index contributed by atoms with van der Waals surface area (Å²) >= 11 is 0. The first-order valence-electron chi connectivity index (χ1n) is 8.72. The molecule has 3 unspecified atom stereocenters. The number of aryl methyl sites for hydroxylation is 1. The van der Waals surface area contributed by atoms with Gasteiger partial charge in [-0.25, -0.2) is 5.43 Å². The number of nitrogens with one attached hydrogen (secondary N) is 2. The van der Waals surface area contributed by atoms with Gasteiger partial charge in [0.2, 0.25) is 11.8 Å². The summed E-state index contributed by atoms with van der Waals surface area (Å²) in [5.74, 6) is -0.952. The van der Waals surface area contributed by atoms with Crippen LogP contribution in [0.15, 0.2) is 46.0 Å². The number of aromatic nitrogens is 2. The maximum atomic E-state index is 13.7. The fourth-order valence-corrected chi connectivity index (χ4v) is 3.70. The van der Waals surface area contributed by atoms with E-state index in [0.29, 0.717) is 17.2 Å². The van der Waals surface area contributed by atoms with E-state index < -0.39 is 30.2 Å². The van der Waals surface area contributed by atoms with Crippen LogP contribution in [0.4, 0.5) is 13.2 Å². The van der Waals surface area contributed by atoms with Crippen LogP contribution in [0.5, 0.6) is 0 Å².